The van der Waals surface area contributed by atoms with Crippen molar-refractivity contribution in [2.45, 2.75) is 26.4 Å². The van der Waals surface area contributed by atoms with E-state index in [1.807, 2.05) is 19.9 Å². The van der Waals surface area contributed by atoms with Crippen LogP contribution in [0.5, 0.6) is 0 Å². The van der Waals surface area contributed by atoms with Gasteiger partial charge in [0.1, 0.15) is 5.76 Å². The fourth-order valence-electron chi connectivity index (χ4n) is 2.01. The first-order valence-electron chi connectivity index (χ1n) is 6.48. The Balaban J connectivity index is 1.90. The molecule has 5 heteroatoms. The molecule has 1 aliphatic rings. The summed E-state index contributed by atoms with van der Waals surface area (Å²) in [4.78, 5) is 14.1. The highest BCUT2D eigenvalue weighted by atomic mass is 16.4. The third-order valence-corrected chi connectivity index (χ3v) is 2.89. The molecule has 0 aromatic carbocycles. The van der Waals surface area contributed by atoms with Crippen molar-refractivity contribution in [3.05, 3.63) is 23.7 Å². The van der Waals surface area contributed by atoms with Crippen molar-refractivity contribution < 1.29 is 9.21 Å². The molecule has 0 unspecified atom stereocenters. The topological polar surface area (TPSA) is 57.5 Å². The Morgan fingerprint density at radius 2 is 2.17 bits per heavy atom. The van der Waals surface area contributed by atoms with Crippen molar-refractivity contribution in [1.82, 2.24) is 15.5 Å². The molecule has 0 aliphatic carbocycles. The van der Waals surface area contributed by atoms with Gasteiger partial charge in [0.05, 0.1) is 6.54 Å². The van der Waals surface area contributed by atoms with E-state index < -0.39 is 0 Å². The largest absolute Gasteiger partial charge is 0.455 e. The van der Waals surface area contributed by atoms with Gasteiger partial charge in [-0.3, -0.25) is 9.69 Å². The SMILES string of the molecule is CC(C)NC(=O)c1ccc(CN2CCNCC2)o1. The first kappa shape index (κ1) is 13.1. The van der Waals surface area contributed by atoms with Gasteiger partial charge in [0, 0.05) is 32.2 Å². The zero-order chi connectivity index (χ0) is 13.0. The van der Waals surface area contributed by atoms with E-state index in [9.17, 15) is 4.79 Å². The average Bonchev–Trinajstić information content (AvgIpc) is 2.78. The highest BCUT2D eigenvalue weighted by Crippen LogP contribution is 2.11. The van der Waals surface area contributed by atoms with Gasteiger partial charge in [0.15, 0.2) is 5.76 Å². The normalized spacial score (nSPS) is 17.1. The number of hydrogen-bond acceptors (Lipinski definition) is 4. The number of carbonyl (C=O) groups excluding carboxylic acids is 1. The molecule has 1 aliphatic heterocycles. The molecule has 18 heavy (non-hydrogen) atoms. The molecule has 100 valence electrons. The highest BCUT2D eigenvalue weighted by molar-refractivity contribution is 5.91. The van der Waals surface area contributed by atoms with Gasteiger partial charge in [-0.15, -0.1) is 0 Å². The minimum absolute atomic E-state index is 0.124. The quantitative estimate of drug-likeness (QED) is 0.832. The number of nitrogens with one attached hydrogen (secondary N) is 2. The molecule has 0 radical (unpaired) electrons. The van der Waals surface area contributed by atoms with Gasteiger partial charge < -0.3 is 15.1 Å². The van der Waals surface area contributed by atoms with E-state index in [-0.39, 0.29) is 11.9 Å². The Morgan fingerprint density at radius 3 is 2.83 bits per heavy atom. The van der Waals surface area contributed by atoms with Crippen LogP contribution in [0, 0.1) is 0 Å². The van der Waals surface area contributed by atoms with E-state index in [4.69, 9.17) is 4.42 Å². The smallest absolute Gasteiger partial charge is 0.287 e. The molecule has 1 aromatic rings. The van der Waals surface area contributed by atoms with Crippen molar-refractivity contribution in [3.63, 3.8) is 0 Å². The van der Waals surface area contributed by atoms with Crippen LogP contribution in [0.1, 0.15) is 30.2 Å². The molecule has 0 saturated carbocycles. The highest BCUT2D eigenvalue weighted by Gasteiger charge is 2.15. The molecule has 0 atom stereocenters. The summed E-state index contributed by atoms with van der Waals surface area (Å²) in [6, 6.07) is 3.76. The fraction of sp³-hybridized carbons (Fsp3) is 0.615. The number of rotatable bonds is 4. The Kier molecular flexibility index (Phi) is 4.38. The molecule has 1 amide bonds. The van der Waals surface area contributed by atoms with Crippen LogP contribution in [0.15, 0.2) is 16.5 Å². The fourth-order valence-corrected chi connectivity index (χ4v) is 2.01. The second-order valence-electron chi connectivity index (χ2n) is 4.92. The van der Waals surface area contributed by atoms with Crippen LogP contribution in [0.3, 0.4) is 0 Å². The maximum Gasteiger partial charge on any atom is 0.287 e. The van der Waals surface area contributed by atoms with Gasteiger partial charge in [-0.2, -0.15) is 0 Å². The predicted molar refractivity (Wildman–Crippen MR) is 69.5 cm³/mol. The van der Waals surface area contributed by atoms with Gasteiger partial charge in [-0.1, -0.05) is 0 Å². The van der Waals surface area contributed by atoms with Crippen LogP contribution in [0.4, 0.5) is 0 Å². The number of nitrogens with zero attached hydrogens (tertiary/aromatic N) is 1. The second kappa shape index (κ2) is 6.02. The molecule has 1 aromatic heterocycles. The maximum absolute atomic E-state index is 11.7. The van der Waals surface area contributed by atoms with Crippen LogP contribution < -0.4 is 10.6 Å². The van der Waals surface area contributed by atoms with Crippen LogP contribution in [0.25, 0.3) is 0 Å². The lowest BCUT2D eigenvalue weighted by Crippen LogP contribution is -2.42. The molecule has 1 saturated heterocycles. The van der Waals surface area contributed by atoms with Crippen LogP contribution >= 0.6 is 0 Å². The second-order valence-corrected chi connectivity index (χ2v) is 4.92. The lowest BCUT2D eigenvalue weighted by molar-refractivity contribution is 0.0910. The van der Waals surface area contributed by atoms with Crippen molar-refractivity contribution in [3.8, 4) is 0 Å². The monoisotopic (exact) mass is 251 g/mol. The summed E-state index contributed by atoms with van der Waals surface area (Å²) in [5, 5.41) is 6.13. The van der Waals surface area contributed by atoms with E-state index in [0.29, 0.717) is 5.76 Å². The van der Waals surface area contributed by atoms with Gasteiger partial charge in [-0.05, 0) is 26.0 Å². The molecule has 2 rings (SSSR count). The van der Waals surface area contributed by atoms with Crippen molar-refractivity contribution in [2.75, 3.05) is 26.2 Å². The summed E-state index contributed by atoms with van der Waals surface area (Å²) in [6.45, 7) is 8.72. The summed E-state index contributed by atoms with van der Waals surface area (Å²) < 4.78 is 5.57. The van der Waals surface area contributed by atoms with Crippen molar-refractivity contribution >= 4 is 5.91 Å². The van der Waals surface area contributed by atoms with Gasteiger partial charge in [-0.25, -0.2) is 0 Å². The molecule has 0 spiro atoms. The van der Waals surface area contributed by atoms with Gasteiger partial charge in [0.2, 0.25) is 0 Å². The average molecular weight is 251 g/mol. The van der Waals surface area contributed by atoms with Crippen LogP contribution in [-0.4, -0.2) is 43.0 Å². The molecular formula is C13H21N3O2. The molecule has 0 bridgehead atoms. The Labute approximate surface area is 108 Å². The zero-order valence-electron chi connectivity index (χ0n) is 11.0. The third-order valence-electron chi connectivity index (χ3n) is 2.89. The standard InChI is InChI=1S/C13H21N3O2/c1-10(2)15-13(17)12-4-3-11(18-12)9-16-7-5-14-6-8-16/h3-4,10,14H,5-9H2,1-2H3,(H,15,17). The molecular weight excluding hydrogens is 230 g/mol. The van der Waals surface area contributed by atoms with E-state index in [1.54, 1.807) is 6.07 Å². The minimum Gasteiger partial charge on any atom is -0.455 e. The molecule has 5 nitrogen and oxygen atoms in total. The summed E-state index contributed by atoms with van der Waals surface area (Å²) >= 11 is 0. The number of furan rings is 1. The number of hydrogen-bond donors (Lipinski definition) is 2. The number of piperazine rings is 1. The molecule has 1 fully saturated rings. The summed E-state index contributed by atoms with van der Waals surface area (Å²) in [6.07, 6.45) is 0. The summed E-state index contributed by atoms with van der Waals surface area (Å²) in [5.74, 6) is 1.11. The van der Waals surface area contributed by atoms with E-state index in [1.165, 1.54) is 0 Å². The van der Waals surface area contributed by atoms with E-state index >= 15 is 0 Å². The predicted octanol–water partition coefficient (Wildman–Crippen LogP) is 0.823. The summed E-state index contributed by atoms with van der Waals surface area (Å²) in [5.41, 5.74) is 0. The zero-order valence-corrected chi connectivity index (χ0v) is 11.0. The number of amides is 1. The van der Waals surface area contributed by atoms with E-state index in [2.05, 4.69) is 15.5 Å². The summed E-state index contributed by atoms with van der Waals surface area (Å²) in [7, 11) is 0. The van der Waals surface area contributed by atoms with Crippen LogP contribution in [-0.2, 0) is 6.54 Å². The minimum atomic E-state index is -0.142. The van der Waals surface area contributed by atoms with Crippen LogP contribution in [0.2, 0.25) is 0 Å². The lowest BCUT2D eigenvalue weighted by Gasteiger charge is -2.26. The first-order valence-corrected chi connectivity index (χ1v) is 6.48. The molecule has 2 N–H and O–H groups in total. The third kappa shape index (κ3) is 3.58. The Bertz CT molecular complexity index is 395. The van der Waals surface area contributed by atoms with Crippen molar-refractivity contribution in [2.24, 2.45) is 0 Å². The first-order chi connectivity index (χ1) is 8.65. The lowest BCUT2D eigenvalue weighted by atomic mass is 10.3. The van der Waals surface area contributed by atoms with Gasteiger partial charge in [0.25, 0.3) is 5.91 Å². The number of carbonyl (C=O) groups is 1. The Morgan fingerprint density at radius 1 is 1.44 bits per heavy atom. The molecule has 2 heterocycles. The van der Waals surface area contributed by atoms with Gasteiger partial charge >= 0.3 is 0 Å². The van der Waals surface area contributed by atoms with Crippen molar-refractivity contribution in [1.29, 1.82) is 0 Å². The Hall–Kier alpha value is -1.33. The maximum atomic E-state index is 11.7. The van der Waals surface area contributed by atoms with E-state index in [0.717, 1.165) is 38.5 Å².